The van der Waals surface area contributed by atoms with Gasteiger partial charge >= 0.3 is 0 Å². The van der Waals surface area contributed by atoms with Gasteiger partial charge in [0.1, 0.15) is 6.04 Å². The first-order chi connectivity index (χ1) is 14.2. The van der Waals surface area contributed by atoms with E-state index in [0.717, 1.165) is 35.7 Å². The van der Waals surface area contributed by atoms with Gasteiger partial charge in [-0.25, -0.2) is 9.97 Å². The summed E-state index contributed by atoms with van der Waals surface area (Å²) in [6, 6.07) is 14.9. The predicted octanol–water partition coefficient (Wildman–Crippen LogP) is 2.61. The van der Waals surface area contributed by atoms with E-state index in [1.165, 1.54) is 0 Å². The van der Waals surface area contributed by atoms with Gasteiger partial charge < -0.3 is 16.4 Å². The van der Waals surface area contributed by atoms with Crippen molar-refractivity contribution in [1.82, 2.24) is 24.9 Å². The van der Waals surface area contributed by atoms with Crippen molar-refractivity contribution in [3.63, 3.8) is 0 Å². The lowest BCUT2D eigenvalue weighted by atomic mass is 10.1. The van der Waals surface area contributed by atoms with Gasteiger partial charge in [0.15, 0.2) is 11.5 Å². The molecule has 2 aromatic carbocycles. The first-order valence-corrected chi connectivity index (χ1v) is 9.75. The number of fused-ring (bicyclic) bond motifs is 3. The number of hydrogen-bond donors (Lipinski definition) is 3. The average Bonchev–Trinajstić information content (AvgIpc) is 3.09. The minimum atomic E-state index is -0.352. The Hall–Kier alpha value is -3.68. The molecule has 8 nitrogen and oxygen atoms in total. The van der Waals surface area contributed by atoms with Crippen molar-refractivity contribution >= 4 is 34.1 Å². The minimum Gasteiger partial charge on any atom is -0.399 e. The second-order valence-corrected chi connectivity index (χ2v) is 7.23. The van der Waals surface area contributed by atoms with Crippen LogP contribution in [-0.2, 0) is 4.79 Å². The van der Waals surface area contributed by atoms with Gasteiger partial charge in [-0.15, -0.1) is 5.10 Å². The van der Waals surface area contributed by atoms with Crippen LogP contribution in [-0.4, -0.2) is 38.1 Å². The van der Waals surface area contributed by atoms with E-state index in [1.807, 2.05) is 48.5 Å². The molecule has 8 heteroatoms. The van der Waals surface area contributed by atoms with E-state index >= 15 is 0 Å². The van der Waals surface area contributed by atoms with E-state index in [0.29, 0.717) is 29.7 Å². The number of benzene rings is 2. The lowest BCUT2D eigenvalue weighted by Gasteiger charge is -2.16. The highest BCUT2D eigenvalue weighted by molar-refractivity contribution is 5.93. The quantitative estimate of drug-likeness (QED) is 0.466. The van der Waals surface area contributed by atoms with Crippen molar-refractivity contribution in [3.05, 3.63) is 48.5 Å². The van der Waals surface area contributed by atoms with Crippen molar-refractivity contribution in [2.75, 3.05) is 17.6 Å². The van der Waals surface area contributed by atoms with E-state index in [2.05, 4.69) is 15.7 Å². The maximum Gasteiger partial charge on any atom is 0.242 e. The van der Waals surface area contributed by atoms with Gasteiger partial charge in [-0.05, 0) is 43.5 Å². The summed E-state index contributed by atoms with van der Waals surface area (Å²) in [6.45, 7) is 0.709. The predicted molar refractivity (Wildman–Crippen MR) is 112 cm³/mol. The second kappa shape index (κ2) is 7.05. The van der Waals surface area contributed by atoms with Crippen LogP contribution in [0.1, 0.15) is 19.3 Å². The molecule has 1 fully saturated rings. The average molecular weight is 387 g/mol. The van der Waals surface area contributed by atoms with Crippen LogP contribution in [0, 0.1) is 0 Å². The summed E-state index contributed by atoms with van der Waals surface area (Å²) in [4.78, 5) is 21.9. The summed E-state index contributed by atoms with van der Waals surface area (Å²) >= 11 is 0. The van der Waals surface area contributed by atoms with Crippen LogP contribution in [0.15, 0.2) is 48.5 Å². The molecule has 29 heavy (non-hydrogen) atoms. The molecular formula is C21H21N7O. The summed E-state index contributed by atoms with van der Waals surface area (Å²) in [7, 11) is 0. The Kier molecular flexibility index (Phi) is 4.23. The zero-order valence-corrected chi connectivity index (χ0v) is 15.8. The summed E-state index contributed by atoms with van der Waals surface area (Å²) in [6.07, 6.45) is 2.70. The Labute approximate surface area is 167 Å². The van der Waals surface area contributed by atoms with E-state index in [4.69, 9.17) is 15.7 Å². The fraction of sp³-hybridized carbons (Fsp3) is 0.238. The fourth-order valence-corrected chi connectivity index (χ4v) is 3.68. The number of nitrogens with one attached hydrogen (secondary N) is 2. The van der Waals surface area contributed by atoms with Crippen LogP contribution < -0.4 is 16.4 Å². The zero-order valence-electron chi connectivity index (χ0n) is 15.8. The first kappa shape index (κ1) is 17.4. The summed E-state index contributed by atoms with van der Waals surface area (Å²) in [5.41, 5.74) is 8.89. The largest absolute Gasteiger partial charge is 0.399 e. The highest BCUT2D eigenvalue weighted by Crippen LogP contribution is 2.25. The molecule has 146 valence electrons. The molecule has 0 bridgehead atoms. The number of hydrogen-bond acceptors (Lipinski definition) is 6. The molecule has 5 rings (SSSR count). The number of carbonyl (C=O) groups is 1. The van der Waals surface area contributed by atoms with Crippen LogP contribution in [0.3, 0.4) is 0 Å². The van der Waals surface area contributed by atoms with Crippen molar-refractivity contribution in [2.45, 2.75) is 25.3 Å². The number of carbonyl (C=O) groups excluding carboxylic acids is 1. The molecule has 3 heterocycles. The molecule has 1 atom stereocenters. The monoisotopic (exact) mass is 387 g/mol. The number of nitrogens with zero attached hydrogens (tertiary/aromatic N) is 4. The second-order valence-electron chi connectivity index (χ2n) is 7.23. The maximum atomic E-state index is 12.4. The standard InChI is InChI=1S/C21H21N7O/c22-14-7-5-6-13(12-14)18-26-19-15-8-1-2-9-16(15)24-21(28(19)27-18)25-17-10-3-4-11-23-20(17)29/h1-2,5-9,12,17H,3-4,10-11,22H2,(H,23,29)(H,24,25)/t17-/m1/s1. The molecule has 4 aromatic rings. The fourth-order valence-electron chi connectivity index (χ4n) is 3.68. The third kappa shape index (κ3) is 3.22. The molecule has 4 N–H and O–H groups in total. The van der Waals surface area contributed by atoms with Gasteiger partial charge in [0, 0.05) is 23.2 Å². The number of para-hydroxylation sites is 1. The van der Waals surface area contributed by atoms with Crippen LogP contribution >= 0.6 is 0 Å². The molecule has 2 aromatic heterocycles. The van der Waals surface area contributed by atoms with Crippen LogP contribution in [0.2, 0.25) is 0 Å². The summed E-state index contributed by atoms with van der Waals surface area (Å²) < 4.78 is 1.68. The molecule has 1 aliphatic rings. The van der Waals surface area contributed by atoms with Gasteiger partial charge in [-0.2, -0.15) is 4.52 Å². The number of amides is 1. The Morgan fingerprint density at radius 3 is 2.90 bits per heavy atom. The molecule has 0 radical (unpaired) electrons. The highest BCUT2D eigenvalue weighted by Gasteiger charge is 2.23. The lowest BCUT2D eigenvalue weighted by molar-refractivity contribution is -0.121. The van der Waals surface area contributed by atoms with Crippen LogP contribution in [0.4, 0.5) is 11.6 Å². The number of anilines is 2. The molecule has 0 unspecified atom stereocenters. The SMILES string of the molecule is Nc1cccc(-c2nc3c4ccccc4nc(N[C@@H]4CCCCNC4=O)n3n2)c1. The summed E-state index contributed by atoms with van der Waals surface area (Å²) in [5, 5.41) is 11.8. The van der Waals surface area contributed by atoms with E-state index in [1.54, 1.807) is 4.52 Å². The zero-order chi connectivity index (χ0) is 19.8. The third-order valence-electron chi connectivity index (χ3n) is 5.16. The number of aromatic nitrogens is 4. The Bertz CT molecular complexity index is 1220. The normalized spacial score (nSPS) is 17.2. The van der Waals surface area contributed by atoms with Gasteiger partial charge in [0.2, 0.25) is 11.9 Å². The van der Waals surface area contributed by atoms with E-state index < -0.39 is 0 Å². The van der Waals surface area contributed by atoms with Crippen molar-refractivity contribution < 1.29 is 4.79 Å². The topological polar surface area (TPSA) is 110 Å². The summed E-state index contributed by atoms with van der Waals surface area (Å²) in [5.74, 6) is 1.05. The molecule has 0 saturated carbocycles. The van der Waals surface area contributed by atoms with Crippen molar-refractivity contribution in [3.8, 4) is 11.4 Å². The number of rotatable bonds is 3. The molecule has 0 spiro atoms. The van der Waals surface area contributed by atoms with Crippen molar-refractivity contribution in [2.24, 2.45) is 0 Å². The molecule has 1 aliphatic heterocycles. The van der Waals surface area contributed by atoms with Gasteiger partial charge in [0.05, 0.1) is 5.52 Å². The molecule has 1 saturated heterocycles. The highest BCUT2D eigenvalue weighted by atomic mass is 16.2. The number of nitrogens with two attached hydrogens (primary N) is 1. The Morgan fingerprint density at radius 2 is 2.00 bits per heavy atom. The smallest absolute Gasteiger partial charge is 0.242 e. The first-order valence-electron chi connectivity index (χ1n) is 9.75. The van der Waals surface area contributed by atoms with Gasteiger partial charge in [0.25, 0.3) is 0 Å². The van der Waals surface area contributed by atoms with Crippen molar-refractivity contribution in [1.29, 1.82) is 0 Å². The van der Waals surface area contributed by atoms with Crippen LogP contribution in [0.5, 0.6) is 0 Å². The molecular weight excluding hydrogens is 366 g/mol. The van der Waals surface area contributed by atoms with Gasteiger partial charge in [-0.1, -0.05) is 24.3 Å². The van der Waals surface area contributed by atoms with Gasteiger partial charge in [-0.3, -0.25) is 4.79 Å². The third-order valence-corrected chi connectivity index (χ3v) is 5.16. The maximum absolute atomic E-state index is 12.4. The molecule has 1 amide bonds. The Balaban J connectivity index is 1.66. The minimum absolute atomic E-state index is 0.0122. The Morgan fingerprint density at radius 1 is 1.10 bits per heavy atom. The molecule has 0 aliphatic carbocycles. The number of nitrogen functional groups attached to an aromatic ring is 1. The lowest BCUT2D eigenvalue weighted by Crippen LogP contribution is -2.38. The van der Waals surface area contributed by atoms with E-state index in [9.17, 15) is 4.79 Å². The van der Waals surface area contributed by atoms with E-state index in [-0.39, 0.29) is 11.9 Å². The van der Waals surface area contributed by atoms with Crippen LogP contribution in [0.25, 0.3) is 27.9 Å².